The van der Waals surface area contributed by atoms with Crippen LogP contribution in [0.1, 0.15) is 31.3 Å². The summed E-state index contributed by atoms with van der Waals surface area (Å²) in [6, 6.07) is 2.74. The molecule has 2 heterocycles. The van der Waals surface area contributed by atoms with Gasteiger partial charge in [-0.05, 0) is 19.4 Å². The highest BCUT2D eigenvalue weighted by Crippen LogP contribution is 2.32. The molecule has 1 saturated heterocycles. The first-order chi connectivity index (χ1) is 6.81. The lowest BCUT2D eigenvalue weighted by atomic mass is 10.3. The third-order valence-electron chi connectivity index (χ3n) is 2.40. The van der Waals surface area contributed by atoms with Crippen molar-refractivity contribution in [3.8, 4) is 0 Å². The van der Waals surface area contributed by atoms with Gasteiger partial charge in [-0.3, -0.25) is 10.00 Å². The van der Waals surface area contributed by atoms with Crippen molar-refractivity contribution in [3.63, 3.8) is 0 Å². The monoisotopic (exact) mass is 211 g/mol. The van der Waals surface area contributed by atoms with E-state index in [1.54, 1.807) is 0 Å². The molecule has 4 heteroatoms. The molecule has 78 valence electrons. The van der Waals surface area contributed by atoms with Crippen LogP contribution in [0.15, 0.2) is 12.3 Å². The maximum Gasteiger partial charge on any atom is 0.0961 e. The first-order valence-corrected chi connectivity index (χ1v) is 6.25. The largest absolute Gasteiger partial charge is 0.297 e. The van der Waals surface area contributed by atoms with E-state index in [0.29, 0.717) is 11.4 Å². The molecule has 0 aromatic carbocycles. The Hall–Kier alpha value is -0.480. The zero-order valence-electron chi connectivity index (χ0n) is 8.73. The van der Waals surface area contributed by atoms with Crippen molar-refractivity contribution in [2.75, 3.05) is 5.75 Å². The lowest BCUT2D eigenvalue weighted by Crippen LogP contribution is -2.23. The molecular formula is C10H17N3S. The van der Waals surface area contributed by atoms with Crippen molar-refractivity contribution in [1.82, 2.24) is 15.1 Å². The Balaban J connectivity index is 2.11. The van der Waals surface area contributed by atoms with Gasteiger partial charge in [-0.1, -0.05) is 6.92 Å². The summed E-state index contributed by atoms with van der Waals surface area (Å²) in [6.45, 7) is 5.44. The van der Waals surface area contributed by atoms with Gasteiger partial charge < -0.3 is 0 Å². The Morgan fingerprint density at radius 1 is 1.71 bits per heavy atom. The molecule has 0 amide bonds. The van der Waals surface area contributed by atoms with E-state index in [0.717, 1.165) is 13.0 Å². The summed E-state index contributed by atoms with van der Waals surface area (Å²) in [7, 11) is 0. The number of aryl methyl sites for hydroxylation is 1. The Morgan fingerprint density at radius 2 is 2.57 bits per heavy atom. The lowest BCUT2D eigenvalue weighted by molar-refractivity contribution is 0.534. The Morgan fingerprint density at radius 3 is 3.21 bits per heavy atom. The van der Waals surface area contributed by atoms with Crippen LogP contribution in [-0.2, 0) is 6.54 Å². The first-order valence-electron chi connectivity index (χ1n) is 5.20. The van der Waals surface area contributed by atoms with Gasteiger partial charge in [0.05, 0.1) is 11.1 Å². The molecule has 1 fully saturated rings. The fourth-order valence-corrected chi connectivity index (χ4v) is 3.01. The lowest BCUT2D eigenvalue weighted by Gasteiger charge is -2.12. The topological polar surface area (TPSA) is 29.9 Å². The van der Waals surface area contributed by atoms with Crippen molar-refractivity contribution in [2.45, 2.75) is 38.2 Å². The second-order valence-electron chi connectivity index (χ2n) is 3.76. The first kappa shape index (κ1) is 10.1. The van der Waals surface area contributed by atoms with Gasteiger partial charge in [0.25, 0.3) is 0 Å². The van der Waals surface area contributed by atoms with Crippen LogP contribution in [-0.4, -0.2) is 21.6 Å². The molecule has 0 aliphatic carbocycles. The molecule has 14 heavy (non-hydrogen) atoms. The highest BCUT2D eigenvalue weighted by Gasteiger charge is 2.24. The maximum absolute atomic E-state index is 4.34. The molecule has 2 atom stereocenters. The summed E-state index contributed by atoms with van der Waals surface area (Å²) >= 11 is 1.98. The highest BCUT2D eigenvalue weighted by atomic mass is 32.2. The van der Waals surface area contributed by atoms with Gasteiger partial charge >= 0.3 is 0 Å². The van der Waals surface area contributed by atoms with Crippen LogP contribution in [0.3, 0.4) is 0 Å². The summed E-state index contributed by atoms with van der Waals surface area (Å²) in [5.74, 6) is 1.20. The summed E-state index contributed by atoms with van der Waals surface area (Å²) < 4.78 is 2.11. The minimum absolute atomic E-state index is 0.444. The number of thioether (sulfide) groups is 1. The minimum Gasteiger partial charge on any atom is -0.297 e. The van der Waals surface area contributed by atoms with Crippen LogP contribution >= 0.6 is 11.8 Å². The zero-order valence-corrected chi connectivity index (χ0v) is 9.55. The summed E-state index contributed by atoms with van der Waals surface area (Å²) in [5.41, 5.74) is 1.32. The van der Waals surface area contributed by atoms with E-state index in [4.69, 9.17) is 0 Å². The summed E-state index contributed by atoms with van der Waals surface area (Å²) in [4.78, 5) is 0. The number of nitrogens with one attached hydrogen (secondary N) is 1. The van der Waals surface area contributed by atoms with Crippen LogP contribution in [0.25, 0.3) is 0 Å². The Labute approximate surface area is 89.3 Å². The molecule has 0 bridgehead atoms. The predicted molar refractivity (Wildman–Crippen MR) is 60.3 cm³/mol. The Kier molecular flexibility index (Phi) is 3.13. The zero-order chi connectivity index (χ0) is 9.97. The number of hydrogen-bond acceptors (Lipinski definition) is 3. The SMILES string of the molecule is CCCn1nccc1C1NC(C)CS1. The molecule has 2 rings (SSSR count). The molecule has 1 aromatic rings. The van der Waals surface area contributed by atoms with E-state index in [1.807, 2.05) is 18.0 Å². The molecule has 0 saturated carbocycles. The van der Waals surface area contributed by atoms with Gasteiger partial charge in [0.1, 0.15) is 0 Å². The molecule has 1 aromatic heterocycles. The van der Waals surface area contributed by atoms with E-state index < -0.39 is 0 Å². The van der Waals surface area contributed by atoms with E-state index >= 15 is 0 Å². The molecule has 1 aliphatic rings. The fraction of sp³-hybridized carbons (Fsp3) is 0.700. The Bertz CT molecular complexity index is 297. The molecule has 0 radical (unpaired) electrons. The molecule has 2 unspecified atom stereocenters. The number of hydrogen-bond donors (Lipinski definition) is 1. The smallest absolute Gasteiger partial charge is 0.0961 e. The van der Waals surface area contributed by atoms with Crippen LogP contribution < -0.4 is 5.32 Å². The van der Waals surface area contributed by atoms with Crippen LogP contribution in [0.5, 0.6) is 0 Å². The van der Waals surface area contributed by atoms with Crippen molar-refractivity contribution < 1.29 is 0 Å². The third kappa shape index (κ3) is 1.96. The standard InChI is InChI=1S/C10H17N3S/c1-3-6-13-9(4-5-11-13)10-12-8(2)7-14-10/h4-5,8,10,12H,3,6-7H2,1-2H3. The van der Waals surface area contributed by atoms with E-state index in [2.05, 4.69) is 35.0 Å². The number of nitrogens with zero attached hydrogens (tertiary/aromatic N) is 2. The fourth-order valence-electron chi connectivity index (χ4n) is 1.73. The normalized spacial score (nSPS) is 27.0. The van der Waals surface area contributed by atoms with Gasteiger partial charge in [-0.2, -0.15) is 5.10 Å². The van der Waals surface area contributed by atoms with E-state index in [9.17, 15) is 0 Å². The van der Waals surface area contributed by atoms with Gasteiger partial charge in [0.15, 0.2) is 0 Å². The number of rotatable bonds is 3. The van der Waals surface area contributed by atoms with Crippen molar-refractivity contribution in [2.24, 2.45) is 0 Å². The molecule has 3 nitrogen and oxygen atoms in total. The summed E-state index contributed by atoms with van der Waals surface area (Å²) in [5, 5.41) is 8.34. The van der Waals surface area contributed by atoms with Crippen LogP contribution in [0, 0.1) is 0 Å². The van der Waals surface area contributed by atoms with Crippen LogP contribution in [0.4, 0.5) is 0 Å². The number of aromatic nitrogens is 2. The van der Waals surface area contributed by atoms with Crippen molar-refractivity contribution in [3.05, 3.63) is 18.0 Å². The second kappa shape index (κ2) is 4.36. The van der Waals surface area contributed by atoms with Gasteiger partial charge in [0.2, 0.25) is 0 Å². The van der Waals surface area contributed by atoms with Crippen molar-refractivity contribution >= 4 is 11.8 Å². The third-order valence-corrected chi connectivity index (χ3v) is 3.81. The van der Waals surface area contributed by atoms with Gasteiger partial charge in [-0.25, -0.2) is 0 Å². The average Bonchev–Trinajstić information content (AvgIpc) is 2.74. The molecule has 0 spiro atoms. The second-order valence-corrected chi connectivity index (χ2v) is 4.90. The predicted octanol–water partition coefficient (Wildman–Crippen LogP) is 2.02. The van der Waals surface area contributed by atoms with Crippen LogP contribution in [0.2, 0.25) is 0 Å². The van der Waals surface area contributed by atoms with Crippen molar-refractivity contribution in [1.29, 1.82) is 0 Å². The van der Waals surface area contributed by atoms with Gasteiger partial charge in [0, 0.05) is 24.5 Å². The maximum atomic E-state index is 4.34. The van der Waals surface area contributed by atoms with E-state index in [-0.39, 0.29) is 0 Å². The summed E-state index contributed by atoms with van der Waals surface area (Å²) in [6.07, 6.45) is 3.04. The van der Waals surface area contributed by atoms with Gasteiger partial charge in [-0.15, -0.1) is 11.8 Å². The molecule has 1 aliphatic heterocycles. The quantitative estimate of drug-likeness (QED) is 0.829. The molecular weight excluding hydrogens is 194 g/mol. The average molecular weight is 211 g/mol. The van der Waals surface area contributed by atoms with E-state index in [1.165, 1.54) is 11.4 Å². The highest BCUT2D eigenvalue weighted by molar-refractivity contribution is 7.99. The minimum atomic E-state index is 0.444. The molecule has 1 N–H and O–H groups in total.